The van der Waals surface area contributed by atoms with Crippen LogP contribution in [0.2, 0.25) is 0 Å². The van der Waals surface area contributed by atoms with Crippen LogP contribution in [0.4, 0.5) is 0 Å². The summed E-state index contributed by atoms with van der Waals surface area (Å²) in [6.45, 7) is 10.4. The summed E-state index contributed by atoms with van der Waals surface area (Å²) in [6, 6.07) is 0. The highest BCUT2D eigenvalue weighted by molar-refractivity contribution is 4.82. The topological polar surface area (TPSA) is 21.3 Å². The van der Waals surface area contributed by atoms with Crippen molar-refractivity contribution in [2.24, 2.45) is 23.7 Å². The molecule has 120 valence electrons. The Labute approximate surface area is 127 Å². The minimum Gasteiger partial charge on any atom is -0.385 e. The van der Waals surface area contributed by atoms with Crippen molar-refractivity contribution in [3.05, 3.63) is 0 Å². The van der Waals surface area contributed by atoms with Crippen molar-refractivity contribution >= 4 is 0 Å². The summed E-state index contributed by atoms with van der Waals surface area (Å²) in [7, 11) is 1.81. The molecule has 1 N–H and O–H groups in total. The van der Waals surface area contributed by atoms with E-state index in [1.807, 2.05) is 7.11 Å². The van der Waals surface area contributed by atoms with Gasteiger partial charge in [0, 0.05) is 13.7 Å². The van der Waals surface area contributed by atoms with Gasteiger partial charge in [0.25, 0.3) is 0 Å². The SMILES string of the molecule is CCCNCC1CCC(C(C)C)CC1CCCCOC. The first-order valence-electron chi connectivity index (χ1n) is 8.88. The second-order valence-corrected chi connectivity index (χ2v) is 7.03. The average Bonchev–Trinajstić information content (AvgIpc) is 2.44. The summed E-state index contributed by atoms with van der Waals surface area (Å²) in [5.41, 5.74) is 0. The van der Waals surface area contributed by atoms with Gasteiger partial charge >= 0.3 is 0 Å². The Morgan fingerprint density at radius 2 is 1.95 bits per heavy atom. The molecular weight excluding hydrogens is 246 g/mol. The van der Waals surface area contributed by atoms with E-state index in [9.17, 15) is 0 Å². The lowest BCUT2D eigenvalue weighted by atomic mass is 9.69. The van der Waals surface area contributed by atoms with Crippen LogP contribution in [0, 0.1) is 23.7 Å². The fraction of sp³-hybridized carbons (Fsp3) is 1.00. The first kappa shape index (κ1) is 18.0. The Morgan fingerprint density at radius 1 is 1.15 bits per heavy atom. The highest BCUT2D eigenvalue weighted by Gasteiger charge is 2.30. The molecule has 1 fully saturated rings. The van der Waals surface area contributed by atoms with E-state index in [0.29, 0.717) is 0 Å². The normalized spacial score (nSPS) is 27.1. The standard InChI is InChI=1S/C18H37NO/c1-5-11-19-14-18-10-9-16(15(2)3)13-17(18)8-6-7-12-20-4/h15-19H,5-14H2,1-4H3. The Hall–Kier alpha value is -0.0800. The lowest BCUT2D eigenvalue weighted by Crippen LogP contribution is -2.34. The quantitative estimate of drug-likeness (QED) is 0.596. The van der Waals surface area contributed by atoms with Gasteiger partial charge in [-0.05, 0) is 68.9 Å². The van der Waals surface area contributed by atoms with Gasteiger partial charge in [0.05, 0.1) is 0 Å². The largest absolute Gasteiger partial charge is 0.385 e. The number of rotatable bonds is 10. The molecule has 20 heavy (non-hydrogen) atoms. The van der Waals surface area contributed by atoms with Crippen LogP contribution in [0.3, 0.4) is 0 Å². The average molecular weight is 283 g/mol. The fourth-order valence-electron chi connectivity index (χ4n) is 3.71. The van der Waals surface area contributed by atoms with Gasteiger partial charge in [0.2, 0.25) is 0 Å². The van der Waals surface area contributed by atoms with Gasteiger partial charge in [-0.1, -0.05) is 33.6 Å². The van der Waals surface area contributed by atoms with Crippen molar-refractivity contribution in [1.29, 1.82) is 0 Å². The van der Waals surface area contributed by atoms with E-state index >= 15 is 0 Å². The van der Waals surface area contributed by atoms with E-state index < -0.39 is 0 Å². The molecule has 0 spiro atoms. The smallest absolute Gasteiger partial charge is 0.0462 e. The van der Waals surface area contributed by atoms with E-state index in [1.54, 1.807) is 0 Å². The molecule has 0 saturated heterocycles. The van der Waals surface area contributed by atoms with E-state index in [2.05, 4.69) is 26.1 Å². The molecule has 1 rings (SSSR count). The fourth-order valence-corrected chi connectivity index (χ4v) is 3.71. The number of ether oxygens (including phenoxy) is 1. The predicted octanol–water partition coefficient (Wildman–Crippen LogP) is 4.49. The monoisotopic (exact) mass is 283 g/mol. The van der Waals surface area contributed by atoms with Gasteiger partial charge in [-0.2, -0.15) is 0 Å². The molecule has 0 radical (unpaired) electrons. The summed E-state index contributed by atoms with van der Waals surface area (Å²) in [6.07, 6.45) is 9.58. The van der Waals surface area contributed by atoms with Gasteiger partial charge in [0.15, 0.2) is 0 Å². The summed E-state index contributed by atoms with van der Waals surface area (Å²) in [4.78, 5) is 0. The highest BCUT2D eigenvalue weighted by Crippen LogP contribution is 2.39. The van der Waals surface area contributed by atoms with Crippen molar-refractivity contribution < 1.29 is 4.74 Å². The highest BCUT2D eigenvalue weighted by atomic mass is 16.5. The van der Waals surface area contributed by atoms with Crippen molar-refractivity contribution in [2.75, 3.05) is 26.8 Å². The molecule has 0 aromatic carbocycles. The van der Waals surface area contributed by atoms with Crippen LogP contribution in [0.25, 0.3) is 0 Å². The third kappa shape index (κ3) is 6.58. The Morgan fingerprint density at radius 3 is 2.60 bits per heavy atom. The molecule has 2 nitrogen and oxygen atoms in total. The molecule has 3 unspecified atom stereocenters. The first-order valence-corrected chi connectivity index (χ1v) is 8.88. The van der Waals surface area contributed by atoms with E-state index in [4.69, 9.17) is 4.74 Å². The van der Waals surface area contributed by atoms with Crippen LogP contribution >= 0.6 is 0 Å². The zero-order valence-corrected chi connectivity index (χ0v) is 14.3. The van der Waals surface area contributed by atoms with Crippen LogP contribution in [0.1, 0.15) is 65.7 Å². The maximum absolute atomic E-state index is 5.18. The van der Waals surface area contributed by atoms with Gasteiger partial charge < -0.3 is 10.1 Å². The lowest BCUT2D eigenvalue weighted by molar-refractivity contribution is 0.130. The number of hydrogen-bond acceptors (Lipinski definition) is 2. The van der Waals surface area contributed by atoms with Crippen molar-refractivity contribution in [2.45, 2.75) is 65.7 Å². The van der Waals surface area contributed by atoms with Crippen molar-refractivity contribution in [3.63, 3.8) is 0 Å². The molecule has 0 amide bonds. The minimum atomic E-state index is 0.862. The molecule has 2 heteroatoms. The third-order valence-corrected chi connectivity index (χ3v) is 5.13. The van der Waals surface area contributed by atoms with Crippen LogP contribution in [0.15, 0.2) is 0 Å². The number of nitrogens with one attached hydrogen (secondary N) is 1. The Kier molecular flexibility index (Phi) is 9.54. The summed E-state index contributed by atoms with van der Waals surface area (Å²) >= 11 is 0. The summed E-state index contributed by atoms with van der Waals surface area (Å²) in [5.74, 6) is 3.68. The molecule has 0 heterocycles. The van der Waals surface area contributed by atoms with Crippen molar-refractivity contribution in [3.8, 4) is 0 Å². The Balaban J connectivity index is 2.39. The molecule has 1 aliphatic carbocycles. The second-order valence-electron chi connectivity index (χ2n) is 7.03. The maximum Gasteiger partial charge on any atom is 0.0462 e. The van der Waals surface area contributed by atoms with Gasteiger partial charge in [-0.3, -0.25) is 0 Å². The van der Waals surface area contributed by atoms with E-state index in [0.717, 1.165) is 30.3 Å². The summed E-state index contributed by atoms with van der Waals surface area (Å²) in [5, 5.41) is 3.66. The number of hydrogen-bond donors (Lipinski definition) is 1. The van der Waals surface area contributed by atoms with Crippen LogP contribution < -0.4 is 5.32 Å². The molecule has 3 atom stereocenters. The van der Waals surface area contributed by atoms with E-state index in [1.165, 1.54) is 58.0 Å². The molecule has 0 aliphatic heterocycles. The van der Waals surface area contributed by atoms with Crippen LogP contribution in [0.5, 0.6) is 0 Å². The van der Waals surface area contributed by atoms with Gasteiger partial charge in [0.1, 0.15) is 0 Å². The predicted molar refractivity (Wildman–Crippen MR) is 88.0 cm³/mol. The first-order chi connectivity index (χ1) is 9.69. The molecule has 1 aliphatic rings. The summed E-state index contributed by atoms with van der Waals surface area (Å²) < 4.78 is 5.18. The zero-order valence-electron chi connectivity index (χ0n) is 14.3. The van der Waals surface area contributed by atoms with Crippen LogP contribution in [-0.4, -0.2) is 26.8 Å². The lowest BCUT2D eigenvalue weighted by Gasteiger charge is -2.38. The number of unbranched alkanes of at least 4 members (excludes halogenated alkanes) is 1. The Bertz CT molecular complexity index is 229. The van der Waals surface area contributed by atoms with Gasteiger partial charge in [-0.25, -0.2) is 0 Å². The molecular formula is C18H37NO. The molecule has 0 bridgehead atoms. The van der Waals surface area contributed by atoms with Crippen LogP contribution in [-0.2, 0) is 4.74 Å². The second kappa shape index (κ2) is 10.6. The molecule has 0 aromatic rings. The van der Waals surface area contributed by atoms with E-state index in [-0.39, 0.29) is 0 Å². The van der Waals surface area contributed by atoms with Crippen molar-refractivity contribution in [1.82, 2.24) is 5.32 Å². The third-order valence-electron chi connectivity index (χ3n) is 5.13. The maximum atomic E-state index is 5.18. The minimum absolute atomic E-state index is 0.862. The zero-order chi connectivity index (χ0) is 14.8. The molecule has 0 aromatic heterocycles. The van der Waals surface area contributed by atoms with Gasteiger partial charge in [-0.15, -0.1) is 0 Å². The molecule has 1 saturated carbocycles. The number of methoxy groups -OCH3 is 1.